The van der Waals surface area contributed by atoms with Crippen molar-refractivity contribution in [3.05, 3.63) is 245 Å². The van der Waals surface area contributed by atoms with Crippen LogP contribution in [0.2, 0.25) is 0 Å². The molecule has 436 valence electrons. The molecule has 0 aliphatic carbocycles. The van der Waals surface area contributed by atoms with E-state index in [0.29, 0.717) is 50.1 Å². The first-order valence-corrected chi connectivity index (χ1v) is 26.0. The van der Waals surface area contributed by atoms with Crippen LogP contribution in [-0.2, 0) is 16.1 Å². The van der Waals surface area contributed by atoms with Gasteiger partial charge in [0.15, 0.2) is 0 Å². The summed E-state index contributed by atoms with van der Waals surface area (Å²) in [6.07, 6.45) is 5.76. The first-order chi connectivity index (χ1) is 41.8. The molecule has 0 spiro atoms. The highest BCUT2D eigenvalue weighted by molar-refractivity contribution is 5.92. The van der Waals surface area contributed by atoms with Crippen molar-refractivity contribution in [3.8, 4) is 17.2 Å². The second-order valence-electron chi connectivity index (χ2n) is 17.7. The molecule has 3 aliphatic rings. The molecule has 1 aromatic heterocycles. The maximum atomic E-state index is 12.4. The number of carbonyl (C=O) groups excluding carboxylic acids is 2. The van der Waals surface area contributed by atoms with Crippen LogP contribution in [0.25, 0.3) is 0 Å². The summed E-state index contributed by atoms with van der Waals surface area (Å²) in [7, 11) is 4.94. The molecule has 7 rings (SSSR count). The molecule has 3 aliphatic heterocycles. The molecule has 0 bridgehead atoms. The Balaban J connectivity index is 0.000000309. The third-order valence-corrected chi connectivity index (χ3v) is 10.5. The smallest absolute Gasteiger partial charge is 0.414 e. The van der Waals surface area contributed by atoms with Gasteiger partial charge in [0, 0.05) is 109 Å². The summed E-state index contributed by atoms with van der Waals surface area (Å²) in [4.78, 5) is 51.6. The summed E-state index contributed by atoms with van der Waals surface area (Å²) in [5.74, 6) is 2.22. The number of imidazole rings is 1. The zero-order valence-electron chi connectivity index (χ0n) is 48.2. The predicted molar refractivity (Wildman–Crippen MR) is 331 cm³/mol. The lowest BCUT2D eigenvalue weighted by molar-refractivity contribution is -0.384. The molecular formula is C69H61N9O9. The van der Waals surface area contributed by atoms with Gasteiger partial charge in [0.1, 0.15) is 22.8 Å². The minimum absolute atomic E-state index is 0. The number of nitrogens with one attached hydrogen (secondary N) is 4. The highest BCUT2D eigenvalue weighted by Crippen LogP contribution is 2.37. The minimum atomic E-state index is -0.509. The van der Waals surface area contributed by atoms with Gasteiger partial charge in [-0.3, -0.25) is 24.8 Å². The number of hydroxylamine groups is 1. The number of ether oxygens (including phenoxy) is 4. The van der Waals surface area contributed by atoms with E-state index in [1.807, 2.05) is 70.4 Å². The van der Waals surface area contributed by atoms with Crippen LogP contribution in [-0.4, -0.2) is 93.3 Å². The highest BCUT2D eigenvalue weighted by atomic mass is 16.6. The zero-order chi connectivity index (χ0) is 62.0. The number of nitro groups is 1. The SMILES string of the molecule is C.C=C=C=C=C=C=C=C=C=C=C=C=C=C=C=C=C=C=C=C=C=C=C=C=C=C=C=C.CNc1ccc2c(c1)N(C(=O)OC(C)(C)C)CCCO2.CONC(=O)N(C)c1ccc2c(c1)N(Cc1cnc[nH]1)CCCO2.O=[N+]([O-])c1ccc2c(c1)NCCCO2. The van der Waals surface area contributed by atoms with Gasteiger partial charge >= 0.3 is 12.1 Å². The van der Waals surface area contributed by atoms with E-state index in [0.717, 1.165) is 66.5 Å². The third kappa shape index (κ3) is 26.8. The van der Waals surface area contributed by atoms with E-state index in [2.05, 4.69) is 198 Å². The number of carbonyl (C=O) groups is 2. The van der Waals surface area contributed by atoms with Crippen molar-refractivity contribution < 1.29 is 38.3 Å². The van der Waals surface area contributed by atoms with Gasteiger partial charge in [-0.15, -0.1) is 0 Å². The number of hydrogen-bond donors (Lipinski definition) is 4. The Morgan fingerprint density at radius 2 is 1.20 bits per heavy atom. The third-order valence-electron chi connectivity index (χ3n) is 10.5. The van der Waals surface area contributed by atoms with Crippen LogP contribution < -0.4 is 45.0 Å². The maximum absolute atomic E-state index is 12.4. The van der Waals surface area contributed by atoms with Crippen LogP contribution in [0.4, 0.5) is 43.7 Å². The number of nitrogens with zero attached hydrogens (tertiary/aromatic N) is 5. The van der Waals surface area contributed by atoms with Gasteiger partial charge < -0.3 is 39.5 Å². The monoisotopic (exact) mass is 1160 g/mol. The number of amides is 3. The van der Waals surface area contributed by atoms with Gasteiger partial charge in [-0.1, -0.05) is 18.9 Å². The molecule has 0 atom stereocenters. The van der Waals surface area contributed by atoms with E-state index >= 15 is 0 Å². The number of rotatable bonds is 6. The average Bonchev–Trinajstić information content (AvgIpc) is 2.31. The number of aromatic amines is 1. The number of aromatic nitrogens is 2. The Morgan fingerprint density at radius 3 is 1.69 bits per heavy atom. The number of benzene rings is 3. The summed E-state index contributed by atoms with van der Waals surface area (Å²) in [6, 6.07) is 15.7. The molecule has 3 amide bonds. The number of anilines is 5. The summed E-state index contributed by atoms with van der Waals surface area (Å²) < 4.78 is 22.4. The summed E-state index contributed by atoms with van der Waals surface area (Å²) in [6.45, 7) is 17.1. The van der Waals surface area contributed by atoms with Crippen molar-refractivity contribution in [1.82, 2.24) is 15.4 Å². The maximum Gasteiger partial charge on any atom is 0.414 e. The fourth-order valence-electron chi connectivity index (χ4n) is 6.84. The number of H-pyrrole nitrogens is 1. The molecule has 0 unspecified atom stereocenters. The van der Waals surface area contributed by atoms with Crippen molar-refractivity contribution >= 4 is 46.2 Å². The van der Waals surface area contributed by atoms with Gasteiger partial charge in [-0.05, 0) is 187 Å². The number of urea groups is 1. The van der Waals surface area contributed by atoms with Crippen LogP contribution in [0.5, 0.6) is 17.2 Å². The number of fused-ring (bicyclic) bond motifs is 3. The van der Waals surface area contributed by atoms with Crippen LogP contribution in [0.3, 0.4) is 0 Å². The van der Waals surface area contributed by atoms with Crippen molar-refractivity contribution in [2.24, 2.45) is 0 Å². The summed E-state index contributed by atoms with van der Waals surface area (Å²) in [5, 5.41) is 16.7. The zero-order valence-corrected chi connectivity index (χ0v) is 48.2. The largest absolute Gasteiger partial charge is 0.491 e. The lowest BCUT2D eigenvalue weighted by Gasteiger charge is -2.27. The number of hydrogen-bond acceptors (Lipinski definition) is 13. The molecule has 0 saturated carbocycles. The lowest BCUT2D eigenvalue weighted by atomic mass is 10.2. The number of nitro benzene ring substituents is 1. The molecule has 3 aromatic carbocycles. The first-order valence-electron chi connectivity index (χ1n) is 26.0. The molecule has 18 heteroatoms. The van der Waals surface area contributed by atoms with E-state index in [1.165, 1.54) is 24.1 Å². The molecule has 4 heterocycles. The van der Waals surface area contributed by atoms with Crippen molar-refractivity contribution in [3.63, 3.8) is 0 Å². The molecule has 0 fully saturated rings. The molecule has 0 radical (unpaired) electrons. The van der Waals surface area contributed by atoms with Crippen LogP contribution in [0.15, 0.2) is 229 Å². The average molecular weight is 1160 g/mol. The Hall–Kier alpha value is -12.4. The van der Waals surface area contributed by atoms with E-state index < -0.39 is 10.5 Å². The Morgan fingerprint density at radius 1 is 0.701 bits per heavy atom. The molecule has 4 aromatic rings. The first kappa shape index (κ1) is 68.9. The van der Waals surface area contributed by atoms with Crippen LogP contribution in [0.1, 0.15) is 53.2 Å². The van der Waals surface area contributed by atoms with Crippen LogP contribution in [0, 0.1) is 10.1 Å². The van der Waals surface area contributed by atoms with Gasteiger partial charge in [0.25, 0.3) is 5.69 Å². The molecule has 18 nitrogen and oxygen atoms in total. The van der Waals surface area contributed by atoms with Crippen molar-refractivity contribution in [1.29, 1.82) is 0 Å². The second kappa shape index (κ2) is 39.9. The summed E-state index contributed by atoms with van der Waals surface area (Å²) >= 11 is 0. The van der Waals surface area contributed by atoms with Gasteiger partial charge in [-0.25, -0.2) is 20.1 Å². The standard InChI is InChI=1S/C28H4.C16H21N5O3.C15H22N2O3.C9H10N2O3.CH4/c1-3-5-7-9-11-13-15-17-19-21-23-25-27-28-26-24-22-20-18-16-14-12-10-8-6-4-2;1-20(16(22)19-23-2)13-4-5-15-14(8-13)21(6-3-7-24-15)10-12-9-17-11-18-12;1-15(2,3)20-14(18)17-8-5-9-19-13-7-6-11(16-4)10-12(13)17;12-11(13)7-2-3-9-8(6-7)10-4-1-5-14-9;/h1-2H2;4-5,8-9,11H,3,6-7,10H2,1-2H3,(H,17,18)(H,19,22);6-7,10,16H,5,8-9H2,1-4H3;2-3,6,10H,1,4-5H2;1H4. The highest BCUT2D eigenvalue weighted by Gasteiger charge is 2.27. The van der Waals surface area contributed by atoms with E-state index in [1.54, 1.807) is 24.3 Å². The van der Waals surface area contributed by atoms with Crippen molar-refractivity contribution in [2.75, 3.05) is 86.0 Å². The predicted octanol–water partition coefficient (Wildman–Crippen LogP) is 12.4. The van der Waals surface area contributed by atoms with E-state index in [4.69, 9.17) is 18.9 Å². The Kier molecular flexibility index (Phi) is 31.6. The summed E-state index contributed by atoms with van der Waals surface area (Å²) in [5.41, 5.74) is 71.4. The van der Waals surface area contributed by atoms with Gasteiger partial charge in [0.05, 0.1) is 67.5 Å². The topological polar surface area (TPSA) is 198 Å². The molecular weight excluding hydrogens is 1100 g/mol. The molecule has 87 heavy (non-hydrogen) atoms. The fourth-order valence-corrected chi connectivity index (χ4v) is 6.84. The van der Waals surface area contributed by atoms with Crippen molar-refractivity contribution in [2.45, 2.75) is 59.6 Å². The van der Waals surface area contributed by atoms with E-state index in [9.17, 15) is 19.7 Å². The van der Waals surface area contributed by atoms with Gasteiger partial charge in [-0.2, -0.15) is 0 Å². The minimum Gasteiger partial charge on any atom is -0.491 e. The molecule has 4 N–H and O–H groups in total. The quantitative estimate of drug-likeness (QED) is 0.0809. The van der Waals surface area contributed by atoms with E-state index in [-0.39, 0.29) is 25.2 Å². The lowest BCUT2D eigenvalue weighted by Crippen LogP contribution is -2.37. The fraction of sp³-hybridized carbons (Fsp3) is 0.261. The molecule has 0 saturated heterocycles. The van der Waals surface area contributed by atoms with Gasteiger partial charge in [0.2, 0.25) is 0 Å². The second-order valence-corrected chi connectivity index (χ2v) is 17.7. The Labute approximate surface area is 505 Å². The van der Waals surface area contributed by atoms with Crippen LogP contribution >= 0.6 is 0 Å². The number of non-ortho nitro benzene ring substituents is 1. The Bertz CT molecular complexity index is 4050. The normalized spacial score (nSPS) is 10.8.